The van der Waals surface area contributed by atoms with Crippen molar-refractivity contribution in [2.24, 2.45) is 0 Å². The smallest absolute Gasteiger partial charge is 0.373 e. The Labute approximate surface area is 212 Å². The van der Waals surface area contributed by atoms with Gasteiger partial charge in [-0.3, -0.25) is 9.78 Å². The maximum atomic E-state index is 12.4. The minimum absolute atomic E-state index is 0.347. The van der Waals surface area contributed by atoms with Crippen molar-refractivity contribution in [1.29, 1.82) is 0 Å². The maximum Gasteiger partial charge on any atom is 0.373 e. The Balaban J connectivity index is 1.45. The monoisotopic (exact) mass is 500 g/mol. The molecule has 0 radical (unpaired) electrons. The standard InChI is InChI=1S/C28H36O8/c1-3-5-19-31-23-15-11-21(12-16-23)27(29)35-33-25-9-7-8-10-26(25)34-36-28(30)22-13-17-24(18-14-22)32-20-6-4-2/h11-18,25-26H,3-10,19-20H2,1-2H3. The molecule has 2 aromatic carbocycles. The molecule has 1 fully saturated rings. The van der Waals surface area contributed by atoms with Crippen molar-refractivity contribution in [2.75, 3.05) is 13.2 Å². The number of hydrogen-bond donors (Lipinski definition) is 0. The molecule has 0 heterocycles. The topological polar surface area (TPSA) is 89.5 Å². The van der Waals surface area contributed by atoms with E-state index in [4.69, 9.17) is 29.0 Å². The molecule has 196 valence electrons. The number of benzene rings is 2. The molecule has 8 heteroatoms. The zero-order valence-corrected chi connectivity index (χ0v) is 21.1. The molecule has 2 atom stereocenters. The lowest BCUT2D eigenvalue weighted by molar-refractivity contribution is -0.352. The lowest BCUT2D eigenvalue weighted by Crippen LogP contribution is -2.36. The van der Waals surface area contributed by atoms with Gasteiger partial charge < -0.3 is 9.47 Å². The normalized spacial score (nSPS) is 17.3. The quantitative estimate of drug-likeness (QED) is 0.171. The molecular formula is C28H36O8. The van der Waals surface area contributed by atoms with Gasteiger partial charge in [-0.15, -0.1) is 0 Å². The lowest BCUT2D eigenvalue weighted by Gasteiger charge is -2.28. The summed E-state index contributed by atoms with van der Waals surface area (Å²) in [5.41, 5.74) is 0.694. The summed E-state index contributed by atoms with van der Waals surface area (Å²) in [4.78, 5) is 45.8. The van der Waals surface area contributed by atoms with Crippen molar-refractivity contribution in [2.45, 2.75) is 77.4 Å². The van der Waals surface area contributed by atoms with Crippen LogP contribution >= 0.6 is 0 Å². The molecule has 0 aliphatic heterocycles. The summed E-state index contributed by atoms with van der Waals surface area (Å²) in [6, 6.07) is 13.4. The van der Waals surface area contributed by atoms with Crippen LogP contribution in [0.4, 0.5) is 0 Å². The van der Waals surface area contributed by atoms with Crippen molar-refractivity contribution in [3.63, 3.8) is 0 Å². The fraction of sp³-hybridized carbons (Fsp3) is 0.500. The van der Waals surface area contributed by atoms with Crippen molar-refractivity contribution in [3.8, 4) is 11.5 Å². The van der Waals surface area contributed by atoms with E-state index in [0.717, 1.165) is 38.5 Å². The molecule has 2 aromatic rings. The Morgan fingerprint density at radius 1 is 0.667 bits per heavy atom. The number of unbranched alkanes of at least 4 members (excludes halogenated alkanes) is 2. The van der Waals surface area contributed by atoms with Gasteiger partial charge in [0.1, 0.15) is 23.7 Å². The summed E-state index contributed by atoms with van der Waals surface area (Å²) in [5, 5.41) is 0. The first kappa shape index (κ1) is 27.5. The third-order valence-electron chi connectivity index (χ3n) is 5.85. The third kappa shape index (κ3) is 8.84. The number of hydrogen-bond acceptors (Lipinski definition) is 8. The van der Waals surface area contributed by atoms with Crippen LogP contribution in [0.5, 0.6) is 11.5 Å². The Bertz CT molecular complexity index is 848. The fourth-order valence-corrected chi connectivity index (χ4v) is 3.63. The zero-order chi connectivity index (χ0) is 25.6. The molecule has 0 amide bonds. The molecular weight excluding hydrogens is 464 g/mol. The van der Waals surface area contributed by atoms with E-state index < -0.39 is 24.1 Å². The van der Waals surface area contributed by atoms with Gasteiger partial charge in [0.05, 0.1) is 24.3 Å². The molecule has 0 spiro atoms. The van der Waals surface area contributed by atoms with Gasteiger partial charge in [-0.05, 0) is 74.2 Å². The average molecular weight is 501 g/mol. The van der Waals surface area contributed by atoms with Crippen LogP contribution in [0, 0.1) is 0 Å². The molecule has 0 N–H and O–H groups in total. The summed E-state index contributed by atoms with van der Waals surface area (Å²) in [7, 11) is 0. The van der Waals surface area contributed by atoms with E-state index in [0.29, 0.717) is 48.7 Å². The summed E-state index contributed by atoms with van der Waals surface area (Å²) in [5.74, 6) is 0.166. The van der Waals surface area contributed by atoms with E-state index >= 15 is 0 Å². The number of ether oxygens (including phenoxy) is 2. The van der Waals surface area contributed by atoms with Crippen LogP contribution in [0.1, 0.15) is 85.9 Å². The predicted octanol–water partition coefficient (Wildman–Crippen LogP) is 6.23. The highest BCUT2D eigenvalue weighted by molar-refractivity contribution is 5.89. The van der Waals surface area contributed by atoms with Crippen LogP contribution in [-0.2, 0) is 19.6 Å². The van der Waals surface area contributed by atoms with E-state index in [1.54, 1.807) is 48.5 Å². The van der Waals surface area contributed by atoms with Crippen molar-refractivity contribution >= 4 is 11.9 Å². The summed E-state index contributed by atoms with van der Waals surface area (Å²) in [6.07, 6.45) is 5.97. The second-order valence-corrected chi connectivity index (χ2v) is 8.75. The van der Waals surface area contributed by atoms with Gasteiger partial charge in [0.2, 0.25) is 0 Å². The Morgan fingerprint density at radius 3 is 1.42 bits per heavy atom. The van der Waals surface area contributed by atoms with Crippen LogP contribution in [0.15, 0.2) is 48.5 Å². The molecule has 2 unspecified atom stereocenters. The van der Waals surface area contributed by atoms with Gasteiger partial charge in [0.25, 0.3) is 0 Å². The average Bonchev–Trinajstić information content (AvgIpc) is 2.92. The lowest BCUT2D eigenvalue weighted by atomic mass is 9.95. The van der Waals surface area contributed by atoms with Crippen molar-refractivity contribution in [1.82, 2.24) is 0 Å². The van der Waals surface area contributed by atoms with Gasteiger partial charge >= 0.3 is 11.9 Å². The number of rotatable bonds is 14. The minimum Gasteiger partial charge on any atom is -0.494 e. The summed E-state index contributed by atoms with van der Waals surface area (Å²) in [6.45, 7) is 5.46. The largest absolute Gasteiger partial charge is 0.494 e. The fourth-order valence-electron chi connectivity index (χ4n) is 3.63. The van der Waals surface area contributed by atoms with Crippen molar-refractivity contribution < 1.29 is 38.6 Å². The Morgan fingerprint density at radius 2 is 1.06 bits per heavy atom. The molecule has 8 nitrogen and oxygen atoms in total. The van der Waals surface area contributed by atoms with Gasteiger partial charge in [0, 0.05) is 0 Å². The summed E-state index contributed by atoms with van der Waals surface area (Å²) >= 11 is 0. The third-order valence-corrected chi connectivity index (χ3v) is 5.85. The highest BCUT2D eigenvalue weighted by Crippen LogP contribution is 2.25. The van der Waals surface area contributed by atoms with E-state index in [1.165, 1.54) is 0 Å². The molecule has 1 saturated carbocycles. The Hall–Kier alpha value is -3.10. The van der Waals surface area contributed by atoms with Gasteiger partial charge in [-0.2, -0.15) is 9.78 Å². The molecule has 0 bridgehead atoms. The van der Waals surface area contributed by atoms with Crippen LogP contribution in [0.25, 0.3) is 0 Å². The first-order chi connectivity index (χ1) is 17.6. The molecule has 36 heavy (non-hydrogen) atoms. The second kappa shape index (κ2) is 15.1. The predicted molar refractivity (Wildman–Crippen MR) is 133 cm³/mol. The second-order valence-electron chi connectivity index (χ2n) is 8.75. The molecule has 1 aliphatic rings. The van der Waals surface area contributed by atoms with E-state index in [1.807, 2.05) is 0 Å². The Kier molecular flexibility index (Phi) is 11.5. The number of carbonyl (C=O) groups excluding carboxylic acids is 2. The van der Waals surface area contributed by atoms with E-state index in [-0.39, 0.29) is 0 Å². The zero-order valence-electron chi connectivity index (χ0n) is 21.1. The van der Waals surface area contributed by atoms with E-state index in [2.05, 4.69) is 13.8 Å². The van der Waals surface area contributed by atoms with Gasteiger partial charge in [-0.25, -0.2) is 9.59 Å². The molecule has 3 rings (SSSR count). The van der Waals surface area contributed by atoms with Crippen LogP contribution in [0.2, 0.25) is 0 Å². The van der Waals surface area contributed by atoms with Gasteiger partial charge in [0.15, 0.2) is 0 Å². The first-order valence-corrected chi connectivity index (χ1v) is 12.8. The SMILES string of the molecule is CCCCOc1ccc(C(=O)OOC2CCCCC2OOC(=O)c2ccc(OCCCC)cc2)cc1. The molecule has 0 saturated heterocycles. The van der Waals surface area contributed by atoms with Crippen LogP contribution < -0.4 is 9.47 Å². The minimum atomic E-state index is -0.613. The van der Waals surface area contributed by atoms with Gasteiger partial charge in [-0.1, -0.05) is 39.5 Å². The van der Waals surface area contributed by atoms with Crippen molar-refractivity contribution in [3.05, 3.63) is 59.7 Å². The highest BCUT2D eigenvalue weighted by atomic mass is 17.2. The highest BCUT2D eigenvalue weighted by Gasteiger charge is 2.31. The molecule has 0 aromatic heterocycles. The molecule has 1 aliphatic carbocycles. The first-order valence-electron chi connectivity index (χ1n) is 12.8. The van der Waals surface area contributed by atoms with E-state index in [9.17, 15) is 9.59 Å². The van der Waals surface area contributed by atoms with Crippen LogP contribution in [0.3, 0.4) is 0 Å². The van der Waals surface area contributed by atoms with Crippen LogP contribution in [-0.4, -0.2) is 37.4 Å². The maximum absolute atomic E-state index is 12.4. The number of carbonyl (C=O) groups is 2. The summed E-state index contributed by atoms with van der Waals surface area (Å²) < 4.78 is 11.2.